The molecule has 0 amide bonds. The molecule has 7 nitrogen and oxygen atoms in total. The van der Waals surface area contributed by atoms with Crippen LogP contribution in [0.15, 0.2) is 81.1 Å². The number of nitrogens with one attached hydrogen (secondary N) is 1. The van der Waals surface area contributed by atoms with Crippen LogP contribution >= 0.6 is 0 Å². The highest BCUT2D eigenvalue weighted by molar-refractivity contribution is 7.92. The summed E-state index contributed by atoms with van der Waals surface area (Å²) in [4.78, 5) is 0.0176. The van der Waals surface area contributed by atoms with Gasteiger partial charge in [0.1, 0.15) is 21.7 Å². The van der Waals surface area contributed by atoms with Crippen molar-refractivity contribution >= 4 is 19.9 Å². The van der Waals surface area contributed by atoms with Gasteiger partial charge >= 0.3 is 0 Å². The molecular weight excluding hydrogens is 414 g/mol. The van der Waals surface area contributed by atoms with Crippen LogP contribution in [0.5, 0.6) is 5.75 Å². The molecule has 1 aromatic heterocycles. The van der Waals surface area contributed by atoms with Crippen LogP contribution in [-0.2, 0) is 19.9 Å². The molecule has 3 aromatic rings. The van der Waals surface area contributed by atoms with E-state index in [0.29, 0.717) is 0 Å². The van der Waals surface area contributed by atoms with E-state index in [1.165, 1.54) is 37.6 Å². The fourth-order valence-corrected chi connectivity index (χ4v) is 5.88. The quantitative estimate of drug-likeness (QED) is 0.583. The Bertz CT molecular complexity index is 1170. The van der Waals surface area contributed by atoms with Crippen molar-refractivity contribution in [3.05, 3.63) is 78.3 Å². The molecule has 0 spiro atoms. The summed E-state index contributed by atoms with van der Waals surface area (Å²) in [6.07, 6.45) is 1.35. The van der Waals surface area contributed by atoms with Crippen LogP contribution in [0.4, 0.5) is 0 Å². The van der Waals surface area contributed by atoms with E-state index in [1.807, 2.05) is 0 Å². The minimum absolute atomic E-state index is 0.0599. The third-order valence-corrected chi connectivity index (χ3v) is 7.90. The number of hydrogen-bond acceptors (Lipinski definition) is 6. The lowest BCUT2D eigenvalue weighted by atomic mass is 10.2. The van der Waals surface area contributed by atoms with Gasteiger partial charge in [-0.1, -0.05) is 24.3 Å². The number of methoxy groups -OCH3 is 1. The number of sulfone groups is 1. The Morgan fingerprint density at radius 1 is 1.00 bits per heavy atom. The molecule has 0 saturated carbocycles. The van der Waals surface area contributed by atoms with Crippen molar-refractivity contribution in [1.82, 2.24) is 4.72 Å². The summed E-state index contributed by atoms with van der Waals surface area (Å²) in [6, 6.07) is 15.6. The van der Waals surface area contributed by atoms with Gasteiger partial charge < -0.3 is 9.15 Å². The van der Waals surface area contributed by atoms with E-state index >= 15 is 0 Å². The molecule has 1 N–H and O–H groups in total. The van der Waals surface area contributed by atoms with E-state index in [-0.39, 0.29) is 21.3 Å². The van der Waals surface area contributed by atoms with Gasteiger partial charge in [0, 0.05) is 6.54 Å². The highest BCUT2D eigenvalue weighted by Crippen LogP contribution is 2.30. The zero-order valence-electron chi connectivity index (χ0n) is 15.9. The summed E-state index contributed by atoms with van der Waals surface area (Å²) in [5.41, 5.74) is 0.727. The summed E-state index contributed by atoms with van der Waals surface area (Å²) in [5.74, 6) is 0.316. The summed E-state index contributed by atoms with van der Waals surface area (Å²) in [6.45, 7) is 1.36. The van der Waals surface area contributed by atoms with Gasteiger partial charge in [0.15, 0.2) is 9.84 Å². The number of aryl methyl sites for hydroxylation is 1. The van der Waals surface area contributed by atoms with E-state index in [0.717, 1.165) is 5.56 Å². The highest BCUT2D eigenvalue weighted by atomic mass is 32.2. The van der Waals surface area contributed by atoms with Crippen LogP contribution in [0.2, 0.25) is 0 Å². The predicted octanol–water partition coefficient (Wildman–Crippen LogP) is 3.09. The first-order valence-corrected chi connectivity index (χ1v) is 11.8. The standard InChI is InChI=1S/C20H21NO6S2/c1-15-10-11-17(26-2)19(13-15)29(24,25)21-14-20(18-9-6-12-27-18)28(22,23)16-7-4-3-5-8-16/h3-13,20-21H,14H2,1-2H3. The lowest BCUT2D eigenvalue weighted by Gasteiger charge is -2.17. The maximum absolute atomic E-state index is 13.1. The zero-order valence-corrected chi connectivity index (χ0v) is 17.5. The number of hydrogen-bond donors (Lipinski definition) is 1. The average molecular weight is 436 g/mol. The molecular formula is C20H21NO6S2. The Morgan fingerprint density at radius 2 is 1.72 bits per heavy atom. The van der Waals surface area contributed by atoms with E-state index in [4.69, 9.17) is 9.15 Å². The normalized spacial score (nSPS) is 13.2. The van der Waals surface area contributed by atoms with Crippen molar-refractivity contribution in [2.45, 2.75) is 22.0 Å². The Hall–Kier alpha value is -2.62. The SMILES string of the molecule is COc1ccc(C)cc1S(=O)(=O)NCC(c1ccco1)S(=O)(=O)c1ccccc1. The molecule has 0 aliphatic carbocycles. The van der Waals surface area contributed by atoms with Gasteiger partial charge in [-0.2, -0.15) is 0 Å². The van der Waals surface area contributed by atoms with E-state index in [2.05, 4.69) is 4.72 Å². The molecule has 0 aliphatic rings. The minimum atomic E-state index is -4.04. The molecule has 0 bridgehead atoms. The van der Waals surface area contributed by atoms with Crippen LogP contribution in [0, 0.1) is 6.92 Å². The van der Waals surface area contributed by atoms with Crippen molar-refractivity contribution in [2.24, 2.45) is 0 Å². The first-order chi connectivity index (χ1) is 13.8. The van der Waals surface area contributed by atoms with Gasteiger partial charge in [-0.15, -0.1) is 0 Å². The fraction of sp³-hybridized carbons (Fsp3) is 0.200. The first-order valence-electron chi connectivity index (χ1n) is 8.72. The van der Waals surface area contributed by atoms with E-state index in [1.54, 1.807) is 43.3 Å². The second-order valence-corrected chi connectivity index (χ2v) is 10.2. The average Bonchev–Trinajstić information content (AvgIpc) is 3.23. The van der Waals surface area contributed by atoms with Gasteiger partial charge in [0.2, 0.25) is 10.0 Å². The highest BCUT2D eigenvalue weighted by Gasteiger charge is 2.33. The van der Waals surface area contributed by atoms with Crippen molar-refractivity contribution < 1.29 is 26.0 Å². The van der Waals surface area contributed by atoms with Gasteiger partial charge in [0.25, 0.3) is 0 Å². The van der Waals surface area contributed by atoms with Crippen molar-refractivity contribution in [2.75, 3.05) is 13.7 Å². The fourth-order valence-electron chi connectivity index (χ4n) is 2.87. The second-order valence-electron chi connectivity index (χ2n) is 6.37. The van der Waals surface area contributed by atoms with Gasteiger partial charge in [-0.25, -0.2) is 21.6 Å². The summed E-state index contributed by atoms with van der Waals surface area (Å²) in [7, 11) is -6.57. The van der Waals surface area contributed by atoms with Crippen LogP contribution in [0.25, 0.3) is 0 Å². The topological polar surface area (TPSA) is 103 Å². The molecule has 2 aromatic carbocycles. The maximum Gasteiger partial charge on any atom is 0.244 e. The van der Waals surface area contributed by atoms with Crippen LogP contribution < -0.4 is 9.46 Å². The van der Waals surface area contributed by atoms with Crippen LogP contribution in [0.1, 0.15) is 16.6 Å². The summed E-state index contributed by atoms with van der Waals surface area (Å²) < 4.78 is 64.9. The van der Waals surface area contributed by atoms with Gasteiger partial charge in [-0.05, 0) is 48.9 Å². The number of rotatable bonds is 8. The number of ether oxygens (including phenoxy) is 1. The van der Waals surface area contributed by atoms with Crippen molar-refractivity contribution in [3.63, 3.8) is 0 Å². The minimum Gasteiger partial charge on any atom is -0.495 e. The third kappa shape index (κ3) is 4.52. The molecule has 1 atom stereocenters. The molecule has 9 heteroatoms. The van der Waals surface area contributed by atoms with Crippen molar-refractivity contribution in [1.29, 1.82) is 0 Å². The van der Waals surface area contributed by atoms with Crippen molar-refractivity contribution in [3.8, 4) is 5.75 Å². The maximum atomic E-state index is 13.1. The molecule has 3 rings (SSSR count). The molecule has 29 heavy (non-hydrogen) atoms. The Kier molecular flexibility index (Phi) is 6.11. The largest absolute Gasteiger partial charge is 0.495 e. The second kappa shape index (κ2) is 8.40. The molecule has 0 fully saturated rings. The first kappa shape index (κ1) is 21.1. The van der Waals surface area contributed by atoms with Gasteiger partial charge in [-0.3, -0.25) is 0 Å². The molecule has 1 unspecified atom stereocenters. The van der Waals surface area contributed by atoms with E-state index < -0.39 is 31.7 Å². The van der Waals surface area contributed by atoms with E-state index in [9.17, 15) is 16.8 Å². The smallest absolute Gasteiger partial charge is 0.244 e. The van der Waals surface area contributed by atoms with Crippen LogP contribution in [-0.4, -0.2) is 30.5 Å². The predicted molar refractivity (Wildman–Crippen MR) is 108 cm³/mol. The zero-order chi connectivity index (χ0) is 21.1. The summed E-state index contributed by atoms with van der Waals surface area (Å²) in [5, 5.41) is -1.23. The number of furan rings is 1. The lowest BCUT2D eigenvalue weighted by Crippen LogP contribution is -2.32. The summed E-state index contributed by atoms with van der Waals surface area (Å²) >= 11 is 0. The monoisotopic (exact) mass is 435 g/mol. The third-order valence-electron chi connectivity index (χ3n) is 4.37. The number of sulfonamides is 1. The molecule has 154 valence electrons. The van der Waals surface area contributed by atoms with Crippen LogP contribution in [0.3, 0.4) is 0 Å². The Balaban J connectivity index is 1.96. The molecule has 1 heterocycles. The Morgan fingerprint density at radius 3 is 2.34 bits per heavy atom. The Labute approximate surface area is 170 Å². The lowest BCUT2D eigenvalue weighted by molar-refractivity contribution is 0.402. The molecule has 0 saturated heterocycles. The number of benzene rings is 2. The molecule has 0 aliphatic heterocycles. The van der Waals surface area contributed by atoms with Gasteiger partial charge in [0.05, 0.1) is 18.3 Å². The molecule has 0 radical (unpaired) electrons.